The quantitative estimate of drug-likeness (QED) is 0.754. The van der Waals surface area contributed by atoms with Crippen LogP contribution in [0, 0.1) is 0 Å². The van der Waals surface area contributed by atoms with Crippen LogP contribution in [0.1, 0.15) is 16.4 Å². The fourth-order valence-electron chi connectivity index (χ4n) is 1.33. The van der Waals surface area contributed by atoms with E-state index in [0.29, 0.717) is 12.5 Å². The van der Waals surface area contributed by atoms with Crippen molar-refractivity contribution in [3.63, 3.8) is 0 Å². The Morgan fingerprint density at radius 3 is 2.65 bits per heavy atom. The summed E-state index contributed by atoms with van der Waals surface area (Å²) in [7, 11) is 0. The highest BCUT2D eigenvalue weighted by Crippen LogP contribution is 2.15. The third kappa shape index (κ3) is 3.98. The highest BCUT2D eigenvalue weighted by molar-refractivity contribution is 7.11. The summed E-state index contributed by atoms with van der Waals surface area (Å²) in [5, 5.41) is 10.1. The molecule has 0 aliphatic carbocycles. The van der Waals surface area contributed by atoms with Gasteiger partial charge < -0.3 is 4.74 Å². The topological polar surface area (TPSA) is 35.0 Å². The molecule has 0 N–H and O–H groups in total. The van der Waals surface area contributed by atoms with Crippen molar-refractivity contribution in [1.82, 2.24) is 10.2 Å². The standard InChI is InChI=1S/C12H13ClN2OS/c13-8-4-7-11-14-15-12(17-11)9-16-10-5-2-1-3-6-10/h1-3,5-6H,4,7-9H2. The van der Waals surface area contributed by atoms with E-state index in [2.05, 4.69) is 10.2 Å². The second-order valence-electron chi connectivity index (χ2n) is 3.48. The Bertz CT molecular complexity index is 447. The number of hydrogen-bond acceptors (Lipinski definition) is 4. The second kappa shape index (κ2) is 6.57. The van der Waals surface area contributed by atoms with Gasteiger partial charge in [-0.2, -0.15) is 0 Å². The summed E-state index contributed by atoms with van der Waals surface area (Å²) in [5.41, 5.74) is 0. The number of ether oxygens (including phenoxy) is 1. The lowest BCUT2D eigenvalue weighted by atomic mass is 10.3. The lowest BCUT2D eigenvalue weighted by molar-refractivity contribution is 0.304. The van der Waals surface area contributed by atoms with Crippen molar-refractivity contribution in [1.29, 1.82) is 0 Å². The maximum absolute atomic E-state index is 5.63. The molecule has 0 unspecified atom stereocenters. The average Bonchev–Trinajstić information content (AvgIpc) is 2.83. The van der Waals surface area contributed by atoms with Crippen molar-refractivity contribution in [3.05, 3.63) is 40.3 Å². The Balaban J connectivity index is 1.85. The molecule has 0 saturated carbocycles. The normalized spacial score (nSPS) is 10.4. The first-order chi connectivity index (χ1) is 8.38. The van der Waals surface area contributed by atoms with Crippen LogP contribution in [0.15, 0.2) is 30.3 Å². The third-order valence-electron chi connectivity index (χ3n) is 2.14. The number of halogens is 1. The van der Waals surface area contributed by atoms with Gasteiger partial charge in [0.25, 0.3) is 0 Å². The van der Waals surface area contributed by atoms with E-state index in [4.69, 9.17) is 16.3 Å². The van der Waals surface area contributed by atoms with Crippen LogP contribution in [0.2, 0.25) is 0 Å². The minimum Gasteiger partial charge on any atom is -0.486 e. The van der Waals surface area contributed by atoms with Gasteiger partial charge in [0, 0.05) is 12.3 Å². The Labute approximate surface area is 109 Å². The molecule has 0 amide bonds. The summed E-state index contributed by atoms with van der Waals surface area (Å²) in [6.45, 7) is 0.475. The molecule has 17 heavy (non-hydrogen) atoms. The van der Waals surface area contributed by atoms with Gasteiger partial charge in [0.05, 0.1) is 0 Å². The predicted octanol–water partition coefficient (Wildman–Crippen LogP) is 3.29. The lowest BCUT2D eigenvalue weighted by Gasteiger charge is -2.01. The second-order valence-corrected chi connectivity index (χ2v) is 5.01. The summed E-state index contributed by atoms with van der Waals surface area (Å²) in [4.78, 5) is 0. The lowest BCUT2D eigenvalue weighted by Crippen LogP contribution is -1.94. The number of nitrogens with zero attached hydrogens (tertiary/aromatic N) is 2. The number of rotatable bonds is 6. The van der Waals surface area contributed by atoms with Gasteiger partial charge in [0.2, 0.25) is 0 Å². The van der Waals surface area contributed by atoms with Gasteiger partial charge in [0.15, 0.2) is 5.01 Å². The van der Waals surface area contributed by atoms with Gasteiger partial charge in [-0.25, -0.2) is 0 Å². The zero-order valence-electron chi connectivity index (χ0n) is 9.30. The SMILES string of the molecule is ClCCCc1nnc(COc2ccccc2)s1. The molecule has 0 bridgehead atoms. The first-order valence-corrected chi connectivity index (χ1v) is 6.78. The van der Waals surface area contributed by atoms with Crippen molar-refractivity contribution in [2.24, 2.45) is 0 Å². The molecule has 0 saturated heterocycles. The summed E-state index contributed by atoms with van der Waals surface area (Å²) in [6.07, 6.45) is 1.84. The highest BCUT2D eigenvalue weighted by Gasteiger charge is 2.04. The first kappa shape index (κ1) is 12.3. The van der Waals surface area contributed by atoms with Crippen molar-refractivity contribution in [3.8, 4) is 5.75 Å². The molecule has 0 aliphatic rings. The van der Waals surface area contributed by atoms with E-state index in [0.717, 1.165) is 28.6 Å². The van der Waals surface area contributed by atoms with Crippen molar-refractivity contribution in [2.75, 3.05) is 5.88 Å². The van der Waals surface area contributed by atoms with Gasteiger partial charge in [0.1, 0.15) is 17.4 Å². The van der Waals surface area contributed by atoms with E-state index >= 15 is 0 Å². The highest BCUT2D eigenvalue weighted by atomic mass is 35.5. The smallest absolute Gasteiger partial charge is 0.155 e. The van der Waals surface area contributed by atoms with Crippen LogP contribution in [-0.2, 0) is 13.0 Å². The van der Waals surface area contributed by atoms with Crippen LogP contribution in [0.25, 0.3) is 0 Å². The zero-order valence-corrected chi connectivity index (χ0v) is 10.9. The third-order valence-corrected chi connectivity index (χ3v) is 3.36. The molecule has 0 aliphatic heterocycles. The monoisotopic (exact) mass is 268 g/mol. The van der Waals surface area contributed by atoms with Crippen molar-refractivity contribution in [2.45, 2.75) is 19.4 Å². The molecule has 2 rings (SSSR count). The molecular formula is C12H13ClN2OS. The minimum atomic E-state index is 0.475. The van der Waals surface area contributed by atoms with Crippen LogP contribution >= 0.6 is 22.9 Å². The molecule has 1 aromatic heterocycles. The Morgan fingerprint density at radius 1 is 1.12 bits per heavy atom. The Morgan fingerprint density at radius 2 is 1.88 bits per heavy atom. The number of aromatic nitrogens is 2. The molecule has 1 aromatic carbocycles. The minimum absolute atomic E-state index is 0.475. The van der Waals surface area contributed by atoms with Gasteiger partial charge >= 0.3 is 0 Å². The fraction of sp³-hybridized carbons (Fsp3) is 0.333. The summed E-state index contributed by atoms with van der Waals surface area (Å²) in [5.74, 6) is 1.51. The molecule has 3 nitrogen and oxygen atoms in total. The molecule has 0 radical (unpaired) electrons. The van der Waals surface area contributed by atoms with Crippen LogP contribution < -0.4 is 4.74 Å². The zero-order chi connectivity index (χ0) is 11.9. The number of benzene rings is 1. The van der Waals surface area contributed by atoms with Crippen LogP contribution in [0.4, 0.5) is 0 Å². The molecule has 0 atom stereocenters. The van der Waals surface area contributed by atoms with Gasteiger partial charge in [-0.3, -0.25) is 0 Å². The molecule has 1 heterocycles. The van der Waals surface area contributed by atoms with Gasteiger partial charge in [-0.1, -0.05) is 29.5 Å². The number of para-hydroxylation sites is 1. The average molecular weight is 269 g/mol. The van der Waals surface area contributed by atoms with Crippen molar-refractivity contribution < 1.29 is 4.74 Å². The number of alkyl halides is 1. The molecule has 5 heteroatoms. The van der Waals surface area contributed by atoms with Crippen molar-refractivity contribution >= 4 is 22.9 Å². The van der Waals surface area contributed by atoms with Gasteiger partial charge in [-0.15, -0.1) is 21.8 Å². The summed E-state index contributed by atoms with van der Waals surface area (Å²) in [6, 6.07) is 9.70. The molecule has 90 valence electrons. The van der Waals surface area contributed by atoms with E-state index in [1.165, 1.54) is 0 Å². The van der Waals surface area contributed by atoms with E-state index < -0.39 is 0 Å². The maximum atomic E-state index is 5.63. The molecular weight excluding hydrogens is 256 g/mol. The van der Waals surface area contributed by atoms with E-state index in [-0.39, 0.29) is 0 Å². The fourth-order valence-corrected chi connectivity index (χ4v) is 2.26. The van der Waals surface area contributed by atoms with E-state index in [1.54, 1.807) is 11.3 Å². The van der Waals surface area contributed by atoms with Gasteiger partial charge in [-0.05, 0) is 18.6 Å². The Hall–Kier alpha value is -1.13. The summed E-state index contributed by atoms with van der Waals surface area (Å²) < 4.78 is 5.59. The first-order valence-electron chi connectivity index (χ1n) is 5.43. The predicted molar refractivity (Wildman–Crippen MR) is 69.7 cm³/mol. The molecule has 2 aromatic rings. The van der Waals surface area contributed by atoms with Crippen LogP contribution in [-0.4, -0.2) is 16.1 Å². The summed E-state index contributed by atoms with van der Waals surface area (Å²) >= 11 is 7.22. The maximum Gasteiger partial charge on any atom is 0.155 e. The Kier molecular flexibility index (Phi) is 4.76. The number of hydrogen-bond donors (Lipinski definition) is 0. The molecule has 0 spiro atoms. The largest absolute Gasteiger partial charge is 0.486 e. The van der Waals surface area contributed by atoms with Crippen LogP contribution in [0.5, 0.6) is 5.75 Å². The van der Waals surface area contributed by atoms with Crippen LogP contribution in [0.3, 0.4) is 0 Å². The van der Waals surface area contributed by atoms with E-state index in [9.17, 15) is 0 Å². The van der Waals surface area contributed by atoms with E-state index in [1.807, 2.05) is 30.3 Å². The number of aryl methyl sites for hydroxylation is 1. The molecule has 0 fully saturated rings.